The topological polar surface area (TPSA) is 52.9 Å². The van der Waals surface area contributed by atoms with E-state index in [1.54, 1.807) is 0 Å². The van der Waals surface area contributed by atoms with E-state index in [9.17, 15) is 4.79 Å². The molecule has 0 aromatic heterocycles. The Kier molecular flexibility index (Phi) is 9.70. The Morgan fingerprint density at radius 2 is 2.17 bits per heavy atom. The summed E-state index contributed by atoms with van der Waals surface area (Å²) in [7, 11) is 1.41. The van der Waals surface area contributed by atoms with E-state index < -0.39 is 6.03 Å². The van der Waals surface area contributed by atoms with Crippen LogP contribution in [0.2, 0.25) is 0 Å². The van der Waals surface area contributed by atoms with Gasteiger partial charge in [0.25, 0.3) is 0 Å². The Labute approximate surface area is 78.2 Å². The summed E-state index contributed by atoms with van der Waals surface area (Å²) in [5.74, 6) is 0. The van der Waals surface area contributed by atoms with Crippen molar-refractivity contribution in [2.24, 2.45) is 0 Å². The first-order valence-electron chi connectivity index (χ1n) is 1.20. The molecule has 0 fully saturated rings. The van der Waals surface area contributed by atoms with Gasteiger partial charge in [-0.25, -0.2) is 0 Å². The van der Waals surface area contributed by atoms with E-state index in [1.165, 1.54) is 7.05 Å². The Hall–Kier alpha value is 0.841. The van der Waals surface area contributed by atoms with E-state index in [0.29, 0.717) is 0 Å². The van der Waals surface area contributed by atoms with E-state index in [2.05, 4.69) is 5.32 Å². The van der Waals surface area contributed by atoms with Crippen molar-refractivity contribution in [3.63, 3.8) is 0 Å². The second kappa shape index (κ2) is 5.84. The average Bonchev–Trinajstić information content (AvgIpc) is 1.38. The molecule has 0 aromatic rings. The van der Waals surface area contributed by atoms with E-state index in [4.69, 9.17) is 5.73 Å². The predicted octanol–water partition coefficient (Wildman–Crippen LogP) is 0.110. The molecule has 2 amide bonds. The van der Waals surface area contributed by atoms with Crippen molar-refractivity contribution in [1.82, 2.24) is 5.32 Å². The SMILES string of the molecule is CNC([NH-])=O.[Ba+2].[H-]. The molecule has 32 valence electrons. The molecule has 0 bridgehead atoms. The molecule has 6 heavy (non-hydrogen) atoms. The van der Waals surface area contributed by atoms with Crippen molar-refractivity contribution < 1.29 is 6.22 Å². The number of nitrogens with one attached hydrogen (secondary N) is 2. The van der Waals surface area contributed by atoms with Crippen LogP contribution >= 0.6 is 0 Å². The number of carbonyl (C=O) groups is 1. The monoisotopic (exact) mass is 212 g/mol. The van der Waals surface area contributed by atoms with Crippen molar-refractivity contribution in [2.75, 3.05) is 7.05 Å². The summed E-state index contributed by atoms with van der Waals surface area (Å²) in [6, 6.07) is -0.745. The van der Waals surface area contributed by atoms with Gasteiger partial charge in [0.05, 0.1) is 0 Å². The summed E-state index contributed by atoms with van der Waals surface area (Å²) >= 11 is 0. The second-order valence-corrected chi connectivity index (χ2v) is 0.579. The molecule has 0 aliphatic carbocycles. The quantitative estimate of drug-likeness (QED) is 0.568. The molecule has 0 radical (unpaired) electrons. The molecule has 0 atom stereocenters. The molecule has 0 aliphatic heterocycles. The van der Waals surface area contributed by atoms with E-state index in [0.717, 1.165) is 0 Å². The molecule has 3 nitrogen and oxygen atoms in total. The summed E-state index contributed by atoms with van der Waals surface area (Å²) in [6.45, 7) is 0. The Balaban J connectivity index is -0.0000000800. The van der Waals surface area contributed by atoms with Crippen molar-refractivity contribution in [1.29, 1.82) is 0 Å². The third-order valence-electron chi connectivity index (χ3n) is 0.227. The molecule has 0 aromatic carbocycles. The summed E-state index contributed by atoms with van der Waals surface area (Å²) in [4.78, 5) is 9.37. The van der Waals surface area contributed by atoms with Crippen LogP contribution in [0.25, 0.3) is 5.73 Å². The van der Waals surface area contributed by atoms with Crippen molar-refractivity contribution in [2.45, 2.75) is 0 Å². The third-order valence-corrected chi connectivity index (χ3v) is 0.227. The van der Waals surface area contributed by atoms with Crippen LogP contribution in [0.4, 0.5) is 4.79 Å². The van der Waals surface area contributed by atoms with Crippen LogP contribution in [0, 0.1) is 0 Å². The summed E-state index contributed by atoms with van der Waals surface area (Å²) < 4.78 is 0. The molecule has 0 unspecified atom stereocenters. The third kappa shape index (κ3) is 8.85. The van der Waals surface area contributed by atoms with Gasteiger partial charge in [-0.1, -0.05) is 7.05 Å². The summed E-state index contributed by atoms with van der Waals surface area (Å²) in [6.07, 6.45) is 0. The fourth-order valence-corrected chi connectivity index (χ4v) is 0. The molecular weight excluding hydrogens is 205 g/mol. The maximum Gasteiger partial charge on any atom is 2.00 e. The smallest absolute Gasteiger partial charge is 1.00 e. The molecule has 4 heteroatoms. The number of amides is 2. The number of hydrogen-bond donors (Lipinski definition) is 1. The molecule has 0 saturated heterocycles. The molecule has 0 spiro atoms. The van der Waals surface area contributed by atoms with Gasteiger partial charge in [-0.15, -0.1) is 0 Å². The van der Waals surface area contributed by atoms with Crippen LogP contribution in [-0.4, -0.2) is 62.0 Å². The Morgan fingerprint density at radius 1 is 2.00 bits per heavy atom. The second-order valence-electron chi connectivity index (χ2n) is 0.579. The maximum absolute atomic E-state index is 9.37. The molecule has 0 rings (SSSR count). The van der Waals surface area contributed by atoms with Crippen molar-refractivity contribution in [3.05, 3.63) is 5.73 Å². The minimum atomic E-state index is -0.745. The van der Waals surface area contributed by atoms with E-state index in [1.807, 2.05) is 0 Å². The van der Waals surface area contributed by atoms with Gasteiger partial charge in [-0.3, -0.25) is 4.79 Å². The zero-order valence-electron chi connectivity index (χ0n) is 4.62. The van der Waals surface area contributed by atoms with Crippen molar-refractivity contribution >= 4 is 54.9 Å². The van der Waals surface area contributed by atoms with Crippen LogP contribution in [0.1, 0.15) is 1.43 Å². The fourth-order valence-electron chi connectivity index (χ4n) is 0. The Morgan fingerprint density at radius 3 is 2.17 bits per heavy atom. The molecule has 0 heterocycles. The normalized spacial score (nSPS) is 5.50. The van der Waals surface area contributed by atoms with Crippen LogP contribution in [-0.2, 0) is 0 Å². The van der Waals surface area contributed by atoms with Gasteiger partial charge < -0.3 is 12.5 Å². The van der Waals surface area contributed by atoms with Crippen LogP contribution in [0.15, 0.2) is 0 Å². The average molecular weight is 211 g/mol. The number of urea groups is 1. The van der Waals surface area contributed by atoms with E-state index >= 15 is 0 Å². The van der Waals surface area contributed by atoms with Crippen molar-refractivity contribution in [3.8, 4) is 0 Å². The van der Waals surface area contributed by atoms with E-state index in [-0.39, 0.29) is 50.3 Å². The molecule has 0 saturated carbocycles. The fraction of sp³-hybridized carbons (Fsp3) is 0.500. The maximum atomic E-state index is 9.37. The van der Waals surface area contributed by atoms with Gasteiger partial charge in [-0.2, -0.15) is 0 Å². The number of rotatable bonds is 0. The van der Waals surface area contributed by atoms with Gasteiger partial charge in [0, 0.05) is 0 Å². The summed E-state index contributed by atoms with van der Waals surface area (Å²) in [5, 5.41) is 2.06. The number of carbonyl (C=O) groups excluding carboxylic acids is 1. The van der Waals surface area contributed by atoms with Crippen LogP contribution < -0.4 is 5.32 Å². The molecule has 0 aliphatic rings. The first-order chi connectivity index (χ1) is 2.27. The van der Waals surface area contributed by atoms with Gasteiger partial charge in [-0.05, 0) is 0 Å². The number of hydrogen-bond acceptors (Lipinski definition) is 1. The predicted molar refractivity (Wildman–Crippen MR) is 25.6 cm³/mol. The summed E-state index contributed by atoms with van der Waals surface area (Å²) in [5.41, 5.74) is 6.08. The minimum absolute atomic E-state index is 0. The first kappa shape index (κ1) is 9.96. The zero-order chi connectivity index (χ0) is 4.28. The molecule has 2 N–H and O–H groups in total. The Bertz CT molecular complexity index is 51.0. The first-order valence-corrected chi connectivity index (χ1v) is 1.20. The largest absolute Gasteiger partial charge is 2.00 e. The van der Waals surface area contributed by atoms with Crippen LogP contribution in [0.5, 0.6) is 0 Å². The zero-order valence-corrected chi connectivity index (χ0v) is 8.06. The van der Waals surface area contributed by atoms with Gasteiger partial charge >= 0.3 is 48.9 Å². The van der Waals surface area contributed by atoms with Gasteiger partial charge in [0.15, 0.2) is 0 Å². The van der Waals surface area contributed by atoms with Crippen LogP contribution in [0.3, 0.4) is 0 Å². The minimum Gasteiger partial charge on any atom is -1.00 e. The van der Waals surface area contributed by atoms with Gasteiger partial charge in [0.1, 0.15) is 6.03 Å². The van der Waals surface area contributed by atoms with Gasteiger partial charge in [0.2, 0.25) is 0 Å². The molecular formula is C2H6BaN2O. The standard InChI is InChI=1S/C2H6N2O.Ba.H/c1-4-2(3)5;;/h1H3,(H3,3,4,5);;/q;+2;-1/p-1.